The maximum atomic E-state index is 11.9. The summed E-state index contributed by atoms with van der Waals surface area (Å²) in [7, 11) is 0. The average Bonchev–Trinajstić information content (AvgIpc) is 2.91. The zero-order valence-electron chi connectivity index (χ0n) is 13.7. The Morgan fingerprint density at radius 1 is 1.36 bits per heavy atom. The third kappa shape index (κ3) is 5.73. The van der Waals surface area contributed by atoms with Crippen LogP contribution in [0.1, 0.15) is 46.2 Å². The van der Waals surface area contributed by atoms with Crippen LogP contribution in [0.4, 0.5) is 5.13 Å². The van der Waals surface area contributed by atoms with E-state index in [9.17, 15) is 9.59 Å². The molecule has 1 heterocycles. The molecule has 22 heavy (non-hydrogen) atoms. The maximum Gasteiger partial charge on any atom is 0.228 e. The maximum absolute atomic E-state index is 11.9. The number of aromatic nitrogens is 1. The van der Waals surface area contributed by atoms with E-state index in [4.69, 9.17) is 5.73 Å². The molecule has 0 fully saturated rings. The number of carbonyl (C=O) groups is 2. The molecule has 2 amide bonds. The van der Waals surface area contributed by atoms with Gasteiger partial charge in [0, 0.05) is 23.4 Å². The van der Waals surface area contributed by atoms with E-state index in [0.29, 0.717) is 17.4 Å². The molecule has 1 aromatic rings. The van der Waals surface area contributed by atoms with Crippen LogP contribution in [-0.4, -0.2) is 28.9 Å². The number of nitrogens with two attached hydrogens (primary N) is 1. The molecule has 0 aliphatic heterocycles. The van der Waals surface area contributed by atoms with E-state index in [-0.39, 0.29) is 29.7 Å². The molecular formula is C15H26N4O2S. The smallest absolute Gasteiger partial charge is 0.228 e. The minimum atomic E-state index is -0.353. The van der Waals surface area contributed by atoms with E-state index in [0.717, 1.165) is 12.8 Å². The fraction of sp³-hybridized carbons (Fsp3) is 0.667. The van der Waals surface area contributed by atoms with Crippen LogP contribution in [0, 0.1) is 5.92 Å². The standard InChI is InChI=1S/C15H26N4O2S/c1-5-15(16,6-2)9-17-12(20)7-11-8-22-14(18-11)19-13(21)10(3)4/h8,10H,5-7,9,16H2,1-4H3,(H,17,20)(H,18,19,21). The van der Waals surface area contributed by atoms with Crippen LogP contribution < -0.4 is 16.4 Å². The molecule has 0 atom stereocenters. The Labute approximate surface area is 135 Å². The normalized spacial score (nSPS) is 11.5. The van der Waals surface area contributed by atoms with Gasteiger partial charge in [-0.25, -0.2) is 4.98 Å². The predicted molar refractivity (Wildman–Crippen MR) is 89.8 cm³/mol. The summed E-state index contributed by atoms with van der Waals surface area (Å²) in [6.45, 7) is 8.12. The van der Waals surface area contributed by atoms with E-state index in [1.165, 1.54) is 11.3 Å². The molecule has 0 aliphatic rings. The molecule has 4 N–H and O–H groups in total. The Morgan fingerprint density at radius 2 is 2.00 bits per heavy atom. The minimum absolute atomic E-state index is 0.0795. The van der Waals surface area contributed by atoms with Crippen LogP contribution in [0.15, 0.2) is 5.38 Å². The topological polar surface area (TPSA) is 97.1 Å². The van der Waals surface area contributed by atoms with Gasteiger partial charge in [0.1, 0.15) is 0 Å². The van der Waals surface area contributed by atoms with Crippen LogP contribution in [0.2, 0.25) is 0 Å². The van der Waals surface area contributed by atoms with Gasteiger partial charge >= 0.3 is 0 Å². The number of hydrogen-bond donors (Lipinski definition) is 3. The van der Waals surface area contributed by atoms with Crippen LogP contribution >= 0.6 is 11.3 Å². The lowest BCUT2D eigenvalue weighted by Gasteiger charge is -2.26. The summed E-state index contributed by atoms with van der Waals surface area (Å²) in [5, 5.41) is 7.89. The zero-order chi connectivity index (χ0) is 16.8. The second-order valence-electron chi connectivity index (χ2n) is 5.81. The summed E-state index contributed by atoms with van der Waals surface area (Å²) >= 11 is 1.32. The van der Waals surface area contributed by atoms with Gasteiger partial charge in [-0.2, -0.15) is 0 Å². The van der Waals surface area contributed by atoms with Gasteiger partial charge in [-0.05, 0) is 12.8 Å². The first kappa shape index (κ1) is 18.6. The van der Waals surface area contributed by atoms with Crippen molar-refractivity contribution >= 4 is 28.3 Å². The van der Waals surface area contributed by atoms with Crippen molar-refractivity contribution in [2.75, 3.05) is 11.9 Å². The Morgan fingerprint density at radius 3 is 2.55 bits per heavy atom. The first-order valence-electron chi connectivity index (χ1n) is 7.60. The first-order valence-corrected chi connectivity index (χ1v) is 8.48. The van der Waals surface area contributed by atoms with E-state index >= 15 is 0 Å². The third-order valence-corrected chi connectivity index (χ3v) is 4.50. The predicted octanol–water partition coefficient (Wildman–Crippen LogP) is 1.91. The number of anilines is 1. The second kappa shape index (κ2) is 8.24. The zero-order valence-corrected chi connectivity index (χ0v) is 14.5. The average molecular weight is 326 g/mol. The lowest BCUT2D eigenvalue weighted by molar-refractivity contribution is -0.121. The lowest BCUT2D eigenvalue weighted by Crippen LogP contribution is -2.49. The van der Waals surface area contributed by atoms with Crippen molar-refractivity contribution in [3.63, 3.8) is 0 Å². The van der Waals surface area contributed by atoms with Gasteiger partial charge in [0.05, 0.1) is 12.1 Å². The van der Waals surface area contributed by atoms with Gasteiger partial charge < -0.3 is 16.4 Å². The summed E-state index contributed by atoms with van der Waals surface area (Å²) in [5.74, 6) is -0.288. The Bertz CT molecular complexity index is 509. The summed E-state index contributed by atoms with van der Waals surface area (Å²) in [6.07, 6.45) is 1.81. The number of thiazole rings is 1. The van der Waals surface area contributed by atoms with Gasteiger partial charge in [0.2, 0.25) is 11.8 Å². The molecule has 0 aromatic carbocycles. The Balaban J connectivity index is 2.49. The lowest BCUT2D eigenvalue weighted by atomic mass is 9.94. The van der Waals surface area contributed by atoms with Crippen LogP contribution in [0.5, 0.6) is 0 Å². The molecule has 124 valence electrons. The van der Waals surface area contributed by atoms with E-state index in [2.05, 4.69) is 15.6 Å². The SMILES string of the molecule is CCC(N)(CC)CNC(=O)Cc1csc(NC(=O)C(C)C)n1. The second-order valence-corrected chi connectivity index (χ2v) is 6.67. The molecule has 1 rings (SSSR count). The highest BCUT2D eigenvalue weighted by Crippen LogP contribution is 2.17. The number of nitrogens with one attached hydrogen (secondary N) is 2. The molecule has 0 aliphatic carbocycles. The van der Waals surface area contributed by atoms with Crippen molar-refractivity contribution in [3.8, 4) is 0 Å². The van der Waals surface area contributed by atoms with Crippen molar-refractivity contribution in [3.05, 3.63) is 11.1 Å². The third-order valence-electron chi connectivity index (χ3n) is 3.69. The van der Waals surface area contributed by atoms with Crippen molar-refractivity contribution < 1.29 is 9.59 Å². The fourth-order valence-electron chi connectivity index (χ4n) is 1.70. The first-order chi connectivity index (χ1) is 10.3. The molecule has 0 saturated heterocycles. The quantitative estimate of drug-likeness (QED) is 0.680. The molecule has 0 saturated carbocycles. The van der Waals surface area contributed by atoms with Crippen LogP contribution in [0.3, 0.4) is 0 Å². The van der Waals surface area contributed by atoms with Gasteiger partial charge in [-0.3, -0.25) is 9.59 Å². The number of rotatable bonds is 8. The largest absolute Gasteiger partial charge is 0.354 e. The Kier molecular flexibility index (Phi) is 6.96. The summed E-state index contributed by atoms with van der Waals surface area (Å²) in [4.78, 5) is 27.8. The number of carbonyl (C=O) groups excluding carboxylic acids is 2. The molecule has 0 bridgehead atoms. The molecule has 0 radical (unpaired) electrons. The molecule has 7 heteroatoms. The molecule has 1 aromatic heterocycles. The number of amides is 2. The van der Waals surface area contributed by atoms with Crippen LogP contribution in [-0.2, 0) is 16.0 Å². The van der Waals surface area contributed by atoms with E-state index in [1.807, 2.05) is 27.7 Å². The molecular weight excluding hydrogens is 300 g/mol. The van der Waals surface area contributed by atoms with Crippen LogP contribution in [0.25, 0.3) is 0 Å². The fourth-order valence-corrected chi connectivity index (χ4v) is 2.41. The minimum Gasteiger partial charge on any atom is -0.354 e. The summed E-state index contributed by atoms with van der Waals surface area (Å²) < 4.78 is 0. The summed E-state index contributed by atoms with van der Waals surface area (Å²) in [6, 6.07) is 0. The van der Waals surface area contributed by atoms with Gasteiger partial charge in [-0.1, -0.05) is 27.7 Å². The molecule has 6 nitrogen and oxygen atoms in total. The van der Waals surface area contributed by atoms with Crippen molar-refractivity contribution in [1.82, 2.24) is 10.3 Å². The van der Waals surface area contributed by atoms with E-state index in [1.54, 1.807) is 5.38 Å². The highest BCUT2D eigenvalue weighted by Gasteiger charge is 2.21. The highest BCUT2D eigenvalue weighted by molar-refractivity contribution is 7.13. The molecule has 0 spiro atoms. The van der Waals surface area contributed by atoms with Gasteiger partial charge in [0.15, 0.2) is 5.13 Å². The number of nitrogens with zero attached hydrogens (tertiary/aromatic N) is 1. The van der Waals surface area contributed by atoms with Crippen molar-refractivity contribution in [2.45, 2.75) is 52.5 Å². The van der Waals surface area contributed by atoms with Gasteiger partial charge in [-0.15, -0.1) is 11.3 Å². The van der Waals surface area contributed by atoms with Gasteiger partial charge in [0.25, 0.3) is 0 Å². The number of hydrogen-bond acceptors (Lipinski definition) is 5. The summed E-state index contributed by atoms with van der Waals surface area (Å²) in [5.41, 5.74) is 6.45. The Hall–Kier alpha value is -1.47. The van der Waals surface area contributed by atoms with Crippen molar-refractivity contribution in [1.29, 1.82) is 0 Å². The van der Waals surface area contributed by atoms with Crippen molar-refractivity contribution in [2.24, 2.45) is 11.7 Å². The van der Waals surface area contributed by atoms with E-state index < -0.39 is 0 Å². The highest BCUT2D eigenvalue weighted by atomic mass is 32.1. The molecule has 0 unspecified atom stereocenters. The monoisotopic (exact) mass is 326 g/mol.